The smallest absolute Gasteiger partial charge is 0.159 e. The predicted molar refractivity (Wildman–Crippen MR) is 64.3 cm³/mol. The van der Waals surface area contributed by atoms with E-state index in [0.29, 0.717) is 16.8 Å². The number of carbonyl (C=O) groups excluding carboxylic acids is 1. The third kappa shape index (κ3) is 2.53. The lowest BCUT2D eigenvalue weighted by Gasteiger charge is -2.06. The number of aliphatic imine (C=N–C) groups is 1. The van der Waals surface area contributed by atoms with Gasteiger partial charge in [0, 0.05) is 30.1 Å². The van der Waals surface area contributed by atoms with E-state index in [4.69, 9.17) is 5.73 Å². The van der Waals surface area contributed by atoms with Crippen LogP contribution in [0.25, 0.3) is 5.57 Å². The highest BCUT2D eigenvalue weighted by Crippen LogP contribution is 2.20. The molecule has 0 saturated heterocycles. The fraction of sp³-hybridized carbons (Fsp3) is 0.167. The van der Waals surface area contributed by atoms with Gasteiger partial charge in [-0.25, -0.2) is 0 Å². The maximum atomic E-state index is 11.2. The van der Waals surface area contributed by atoms with Gasteiger partial charge in [0.1, 0.15) is 0 Å². The maximum absolute atomic E-state index is 11.2. The summed E-state index contributed by atoms with van der Waals surface area (Å²) in [4.78, 5) is 15.0. The molecule has 1 aromatic carbocycles. The third-order valence-corrected chi connectivity index (χ3v) is 2.09. The molecule has 2 N–H and O–H groups in total. The molecule has 3 heteroatoms. The lowest BCUT2D eigenvalue weighted by atomic mass is 10.0. The molecule has 0 fully saturated rings. The Balaban J connectivity index is 3.22. The minimum absolute atomic E-state index is 0.0116. The number of hydrogen-bond donors (Lipinski definition) is 1. The normalized spacial score (nSPS) is 10.5. The number of rotatable bonds is 3. The highest BCUT2D eigenvalue weighted by Gasteiger charge is 2.05. The summed E-state index contributed by atoms with van der Waals surface area (Å²) in [5.41, 5.74) is 8.48. The van der Waals surface area contributed by atoms with Crippen LogP contribution >= 0.6 is 0 Å². The van der Waals surface area contributed by atoms with Crippen molar-refractivity contribution in [3.63, 3.8) is 0 Å². The Morgan fingerprint density at radius 1 is 1.53 bits per heavy atom. The summed E-state index contributed by atoms with van der Waals surface area (Å²) in [5.74, 6) is 0.0116. The molecule has 0 atom stereocenters. The number of nitrogen functional groups attached to an aromatic ring is 1. The fourth-order valence-electron chi connectivity index (χ4n) is 1.28. The predicted octanol–water partition coefficient (Wildman–Crippen LogP) is 2.19. The molecule has 0 heterocycles. The Kier molecular flexibility index (Phi) is 3.39. The molecule has 0 aliphatic rings. The lowest BCUT2D eigenvalue weighted by Crippen LogP contribution is -1.99. The number of carbonyl (C=O) groups is 1. The zero-order valence-electron chi connectivity index (χ0n) is 8.95. The Morgan fingerprint density at radius 2 is 2.20 bits per heavy atom. The summed E-state index contributed by atoms with van der Waals surface area (Å²) in [7, 11) is 1.66. The van der Waals surface area contributed by atoms with Crippen LogP contribution in [-0.4, -0.2) is 19.0 Å². The standard InChI is InChI=1S/C12H14N2O/c1-8(7-14-3)11-6-10(9(2)15)4-5-12(11)13/h4-7H,1,13H2,2-3H3/b14-7-. The van der Waals surface area contributed by atoms with Gasteiger partial charge in [-0.15, -0.1) is 0 Å². The van der Waals surface area contributed by atoms with Crippen LogP contribution in [0.5, 0.6) is 0 Å². The summed E-state index contributed by atoms with van der Waals surface area (Å²) in [6.45, 7) is 5.36. The van der Waals surface area contributed by atoms with Gasteiger partial charge in [0.15, 0.2) is 5.78 Å². The van der Waals surface area contributed by atoms with Crippen molar-refractivity contribution in [2.45, 2.75) is 6.92 Å². The highest BCUT2D eigenvalue weighted by atomic mass is 16.1. The summed E-state index contributed by atoms with van der Waals surface area (Å²) >= 11 is 0. The first-order valence-corrected chi connectivity index (χ1v) is 4.58. The minimum Gasteiger partial charge on any atom is -0.398 e. The van der Waals surface area contributed by atoms with Crippen molar-refractivity contribution in [2.24, 2.45) is 4.99 Å². The Labute approximate surface area is 89.3 Å². The summed E-state index contributed by atoms with van der Waals surface area (Å²) in [6, 6.07) is 5.15. The molecule has 1 rings (SSSR count). The lowest BCUT2D eigenvalue weighted by molar-refractivity contribution is 0.101. The van der Waals surface area contributed by atoms with Gasteiger partial charge < -0.3 is 5.73 Å². The van der Waals surface area contributed by atoms with Crippen LogP contribution in [0.15, 0.2) is 29.8 Å². The van der Waals surface area contributed by atoms with Gasteiger partial charge in [-0.3, -0.25) is 9.79 Å². The van der Waals surface area contributed by atoms with Gasteiger partial charge in [0.25, 0.3) is 0 Å². The first-order chi connectivity index (χ1) is 7.06. The van der Waals surface area contributed by atoms with Gasteiger partial charge in [0.2, 0.25) is 0 Å². The number of allylic oxidation sites excluding steroid dienone is 1. The van der Waals surface area contributed by atoms with Gasteiger partial charge in [-0.1, -0.05) is 6.58 Å². The molecule has 0 amide bonds. The SMILES string of the molecule is C=C(/C=N\C)c1cc(C(C)=O)ccc1N. The van der Waals surface area contributed by atoms with Crippen LogP contribution in [0.3, 0.4) is 0 Å². The molecule has 0 saturated carbocycles. The largest absolute Gasteiger partial charge is 0.398 e. The van der Waals surface area contributed by atoms with Crippen molar-refractivity contribution < 1.29 is 4.79 Å². The summed E-state index contributed by atoms with van der Waals surface area (Å²) < 4.78 is 0. The van der Waals surface area contributed by atoms with E-state index >= 15 is 0 Å². The van der Waals surface area contributed by atoms with E-state index in [1.807, 2.05) is 0 Å². The van der Waals surface area contributed by atoms with E-state index in [1.54, 1.807) is 31.5 Å². The summed E-state index contributed by atoms with van der Waals surface area (Å²) in [6.07, 6.45) is 1.62. The van der Waals surface area contributed by atoms with Crippen molar-refractivity contribution in [3.05, 3.63) is 35.9 Å². The minimum atomic E-state index is 0.0116. The molecule has 0 aliphatic carbocycles. The van der Waals surface area contributed by atoms with Crippen molar-refractivity contribution in [2.75, 3.05) is 12.8 Å². The van der Waals surface area contributed by atoms with Crippen molar-refractivity contribution in [3.8, 4) is 0 Å². The Bertz CT molecular complexity index is 433. The molecule has 0 unspecified atom stereocenters. The molecule has 1 aromatic rings. The second-order valence-corrected chi connectivity index (χ2v) is 3.27. The molecular formula is C12H14N2O. The van der Waals surface area contributed by atoms with Crippen molar-refractivity contribution in [1.29, 1.82) is 0 Å². The molecule has 0 aliphatic heterocycles. The van der Waals surface area contributed by atoms with Crippen LogP contribution in [0, 0.1) is 0 Å². The second kappa shape index (κ2) is 4.55. The van der Waals surface area contributed by atoms with Crippen LogP contribution in [0.1, 0.15) is 22.8 Å². The average Bonchev–Trinajstić information content (AvgIpc) is 2.18. The second-order valence-electron chi connectivity index (χ2n) is 3.27. The zero-order valence-corrected chi connectivity index (χ0v) is 8.95. The molecule has 78 valence electrons. The zero-order chi connectivity index (χ0) is 11.4. The molecule has 0 radical (unpaired) electrons. The molecule has 3 nitrogen and oxygen atoms in total. The van der Waals surface area contributed by atoms with E-state index in [2.05, 4.69) is 11.6 Å². The topological polar surface area (TPSA) is 55.5 Å². The number of benzene rings is 1. The molecule has 0 spiro atoms. The molecular weight excluding hydrogens is 188 g/mol. The number of hydrogen-bond acceptors (Lipinski definition) is 3. The van der Waals surface area contributed by atoms with E-state index in [9.17, 15) is 4.79 Å². The van der Waals surface area contributed by atoms with E-state index in [1.165, 1.54) is 6.92 Å². The number of ketones is 1. The molecule has 15 heavy (non-hydrogen) atoms. The highest BCUT2D eigenvalue weighted by molar-refractivity contribution is 6.11. The maximum Gasteiger partial charge on any atom is 0.159 e. The van der Waals surface area contributed by atoms with Crippen LogP contribution in [0.4, 0.5) is 5.69 Å². The van der Waals surface area contributed by atoms with Gasteiger partial charge >= 0.3 is 0 Å². The summed E-state index contributed by atoms with van der Waals surface area (Å²) in [5, 5.41) is 0. The number of nitrogens with zero attached hydrogens (tertiary/aromatic N) is 1. The van der Waals surface area contributed by atoms with Crippen LogP contribution in [-0.2, 0) is 0 Å². The van der Waals surface area contributed by atoms with E-state index in [-0.39, 0.29) is 5.78 Å². The van der Waals surface area contributed by atoms with Gasteiger partial charge in [-0.05, 0) is 30.7 Å². The third-order valence-electron chi connectivity index (χ3n) is 2.09. The van der Waals surface area contributed by atoms with Gasteiger partial charge in [0.05, 0.1) is 0 Å². The van der Waals surface area contributed by atoms with Gasteiger partial charge in [-0.2, -0.15) is 0 Å². The average molecular weight is 202 g/mol. The quantitative estimate of drug-likeness (QED) is 0.464. The number of nitrogens with two attached hydrogens (primary N) is 1. The number of Topliss-reactive ketones (excluding diaryl/α,β-unsaturated/α-hetero) is 1. The van der Waals surface area contributed by atoms with E-state index < -0.39 is 0 Å². The Morgan fingerprint density at radius 3 is 2.73 bits per heavy atom. The fourth-order valence-corrected chi connectivity index (χ4v) is 1.28. The first kappa shape index (κ1) is 11.2. The van der Waals surface area contributed by atoms with Crippen LogP contribution < -0.4 is 5.73 Å². The molecule has 0 bridgehead atoms. The first-order valence-electron chi connectivity index (χ1n) is 4.58. The molecule has 0 aromatic heterocycles. The van der Waals surface area contributed by atoms with Crippen molar-refractivity contribution in [1.82, 2.24) is 0 Å². The van der Waals surface area contributed by atoms with Crippen LogP contribution in [0.2, 0.25) is 0 Å². The van der Waals surface area contributed by atoms with Crippen molar-refractivity contribution >= 4 is 23.3 Å². The number of anilines is 1. The Hall–Kier alpha value is -1.90. The monoisotopic (exact) mass is 202 g/mol. The van der Waals surface area contributed by atoms with E-state index in [0.717, 1.165) is 5.56 Å².